The van der Waals surface area contributed by atoms with Crippen molar-refractivity contribution in [2.45, 2.75) is 39.7 Å². The monoisotopic (exact) mass is 278 g/mol. The SMILES string of the molecule is CCC(CCC[n+]1c(C)sc2ccccc21)C(=O)O. The molecular formula is C15H20NO2S+. The Morgan fingerprint density at radius 2 is 2.16 bits per heavy atom. The quantitative estimate of drug-likeness (QED) is 0.823. The summed E-state index contributed by atoms with van der Waals surface area (Å²) in [5.41, 5.74) is 1.26. The molecular weight excluding hydrogens is 258 g/mol. The largest absolute Gasteiger partial charge is 0.481 e. The third-order valence-corrected chi connectivity index (χ3v) is 4.65. The van der Waals surface area contributed by atoms with Crippen LogP contribution in [0.3, 0.4) is 0 Å². The average molecular weight is 278 g/mol. The summed E-state index contributed by atoms with van der Waals surface area (Å²) in [4.78, 5) is 11.0. The van der Waals surface area contributed by atoms with Crippen molar-refractivity contribution >= 4 is 27.5 Å². The number of para-hydroxylation sites is 1. The minimum absolute atomic E-state index is 0.203. The molecule has 0 bridgehead atoms. The number of benzene rings is 1. The smallest absolute Gasteiger partial charge is 0.306 e. The second-order valence-corrected chi connectivity index (χ2v) is 6.06. The Morgan fingerprint density at radius 1 is 1.42 bits per heavy atom. The van der Waals surface area contributed by atoms with Crippen molar-refractivity contribution in [1.29, 1.82) is 0 Å². The summed E-state index contributed by atoms with van der Waals surface area (Å²) in [6.07, 6.45) is 2.38. The molecule has 19 heavy (non-hydrogen) atoms. The number of aromatic nitrogens is 1. The van der Waals surface area contributed by atoms with Crippen molar-refractivity contribution < 1.29 is 14.5 Å². The fourth-order valence-electron chi connectivity index (χ4n) is 2.43. The van der Waals surface area contributed by atoms with E-state index in [9.17, 15) is 4.79 Å². The molecule has 1 aromatic heterocycles. The van der Waals surface area contributed by atoms with E-state index in [2.05, 4.69) is 35.8 Å². The number of rotatable bonds is 6. The van der Waals surface area contributed by atoms with Gasteiger partial charge >= 0.3 is 5.97 Å². The molecule has 0 saturated carbocycles. The summed E-state index contributed by atoms with van der Waals surface area (Å²) < 4.78 is 3.60. The first-order valence-corrected chi connectivity index (χ1v) is 7.56. The molecule has 102 valence electrons. The highest BCUT2D eigenvalue weighted by molar-refractivity contribution is 7.18. The van der Waals surface area contributed by atoms with E-state index < -0.39 is 5.97 Å². The zero-order valence-corrected chi connectivity index (χ0v) is 12.2. The van der Waals surface area contributed by atoms with Crippen LogP contribution in [0.25, 0.3) is 10.2 Å². The molecule has 1 heterocycles. The van der Waals surface area contributed by atoms with Crippen LogP contribution in [0.4, 0.5) is 0 Å². The summed E-state index contributed by atoms with van der Waals surface area (Å²) >= 11 is 1.80. The highest BCUT2D eigenvalue weighted by atomic mass is 32.1. The first-order valence-electron chi connectivity index (χ1n) is 6.74. The normalized spacial score (nSPS) is 12.7. The molecule has 4 heteroatoms. The number of carbonyl (C=O) groups is 1. The number of carboxylic acids is 1. The lowest BCUT2D eigenvalue weighted by molar-refractivity contribution is -0.673. The molecule has 1 atom stereocenters. The molecule has 0 radical (unpaired) electrons. The molecule has 0 amide bonds. The standard InChI is InChI=1S/C15H19NO2S/c1-3-12(15(17)18)7-6-10-16-11(2)19-14-9-5-4-8-13(14)16/h4-5,8-9,12H,3,6-7,10H2,1-2H3/p+1. The van der Waals surface area contributed by atoms with E-state index in [1.807, 2.05) is 6.92 Å². The minimum atomic E-state index is -0.667. The van der Waals surface area contributed by atoms with Crippen LogP contribution in [0.5, 0.6) is 0 Å². The van der Waals surface area contributed by atoms with E-state index in [1.54, 1.807) is 11.3 Å². The van der Waals surface area contributed by atoms with Gasteiger partial charge in [-0.3, -0.25) is 4.79 Å². The van der Waals surface area contributed by atoms with Gasteiger partial charge in [0.1, 0.15) is 11.2 Å². The van der Waals surface area contributed by atoms with Gasteiger partial charge in [0.2, 0.25) is 10.5 Å². The van der Waals surface area contributed by atoms with Gasteiger partial charge in [0.05, 0.1) is 5.92 Å². The first-order chi connectivity index (χ1) is 9.13. The van der Waals surface area contributed by atoms with Crippen LogP contribution in [-0.4, -0.2) is 11.1 Å². The summed E-state index contributed by atoms with van der Waals surface area (Å²) in [6, 6.07) is 8.38. The van der Waals surface area contributed by atoms with E-state index in [0.29, 0.717) is 6.42 Å². The topological polar surface area (TPSA) is 41.2 Å². The minimum Gasteiger partial charge on any atom is -0.481 e. The Labute approximate surface area is 117 Å². The van der Waals surface area contributed by atoms with Gasteiger partial charge in [-0.1, -0.05) is 30.4 Å². The van der Waals surface area contributed by atoms with Gasteiger partial charge in [-0.2, -0.15) is 4.57 Å². The maximum atomic E-state index is 11.0. The zero-order valence-electron chi connectivity index (χ0n) is 11.4. The van der Waals surface area contributed by atoms with Crippen molar-refractivity contribution in [3.8, 4) is 0 Å². The number of aryl methyl sites for hydroxylation is 2. The third kappa shape index (κ3) is 3.13. The molecule has 2 rings (SSSR count). The summed E-state index contributed by atoms with van der Waals surface area (Å²) in [7, 11) is 0. The lowest BCUT2D eigenvalue weighted by Gasteiger charge is -2.07. The van der Waals surface area contributed by atoms with Gasteiger partial charge in [-0.15, -0.1) is 0 Å². The maximum absolute atomic E-state index is 11.0. The molecule has 0 spiro atoms. The Balaban J connectivity index is 2.06. The number of fused-ring (bicyclic) bond motifs is 1. The van der Waals surface area contributed by atoms with Crippen LogP contribution >= 0.6 is 11.3 Å². The van der Waals surface area contributed by atoms with Crippen LogP contribution in [-0.2, 0) is 11.3 Å². The molecule has 0 saturated heterocycles. The van der Waals surface area contributed by atoms with Crippen LogP contribution in [0, 0.1) is 12.8 Å². The number of hydrogen-bond donors (Lipinski definition) is 1. The maximum Gasteiger partial charge on any atom is 0.306 e. The van der Waals surface area contributed by atoms with Gasteiger partial charge in [0.15, 0.2) is 0 Å². The lowest BCUT2D eigenvalue weighted by atomic mass is 10.0. The van der Waals surface area contributed by atoms with Gasteiger partial charge in [-0.25, -0.2) is 0 Å². The Morgan fingerprint density at radius 3 is 2.84 bits per heavy atom. The van der Waals surface area contributed by atoms with E-state index in [4.69, 9.17) is 5.11 Å². The molecule has 0 aliphatic carbocycles. The number of nitrogens with zero attached hydrogens (tertiary/aromatic N) is 1. The van der Waals surface area contributed by atoms with Gasteiger partial charge in [0, 0.05) is 19.4 Å². The lowest BCUT2D eigenvalue weighted by Crippen LogP contribution is -2.35. The number of carboxylic acid groups (broad SMARTS) is 1. The molecule has 3 nitrogen and oxygen atoms in total. The summed E-state index contributed by atoms with van der Waals surface area (Å²) in [5.74, 6) is -0.870. The predicted molar refractivity (Wildman–Crippen MR) is 77.4 cm³/mol. The van der Waals surface area contributed by atoms with Crippen molar-refractivity contribution in [3.63, 3.8) is 0 Å². The average Bonchev–Trinajstić information content (AvgIpc) is 2.70. The first kappa shape index (κ1) is 14.0. The molecule has 0 fully saturated rings. The second kappa shape index (κ2) is 6.15. The third-order valence-electron chi connectivity index (χ3n) is 3.57. The zero-order chi connectivity index (χ0) is 13.8. The van der Waals surface area contributed by atoms with Crippen LogP contribution < -0.4 is 4.57 Å². The molecule has 1 aromatic carbocycles. The van der Waals surface area contributed by atoms with Crippen LogP contribution in [0.1, 0.15) is 31.2 Å². The number of aliphatic carboxylic acids is 1. The van der Waals surface area contributed by atoms with Gasteiger partial charge in [-0.05, 0) is 18.9 Å². The highest BCUT2D eigenvalue weighted by Gasteiger charge is 2.19. The number of hydrogen-bond acceptors (Lipinski definition) is 2. The van der Waals surface area contributed by atoms with Gasteiger partial charge < -0.3 is 5.11 Å². The molecule has 2 aromatic rings. The molecule has 1 N–H and O–H groups in total. The molecule has 1 unspecified atom stereocenters. The van der Waals surface area contributed by atoms with Gasteiger partial charge in [0.25, 0.3) is 0 Å². The van der Waals surface area contributed by atoms with Crippen molar-refractivity contribution in [2.24, 2.45) is 5.92 Å². The van der Waals surface area contributed by atoms with E-state index in [1.165, 1.54) is 15.2 Å². The van der Waals surface area contributed by atoms with Crippen LogP contribution in [0.15, 0.2) is 24.3 Å². The van der Waals surface area contributed by atoms with E-state index in [-0.39, 0.29) is 5.92 Å². The highest BCUT2D eigenvalue weighted by Crippen LogP contribution is 2.20. The number of thiazole rings is 1. The second-order valence-electron chi connectivity index (χ2n) is 4.83. The van der Waals surface area contributed by atoms with E-state index in [0.717, 1.165) is 19.4 Å². The van der Waals surface area contributed by atoms with Crippen molar-refractivity contribution in [3.05, 3.63) is 29.3 Å². The molecule has 0 aliphatic heterocycles. The Hall–Kier alpha value is -1.42. The Bertz CT molecular complexity index is 577. The molecule has 0 aliphatic rings. The van der Waals surface area contributed by atoms with Crippen molar-refractivity contribution in [1.82, 2.24) is 0 Å². The van der Waals surface area contributed by atoms with Crippen LogP contribution in [0.2, 0.25) is 0 Å². The summed E-state index contributed by atoms with van der Waals surface area (Å²) in [5, 5.41) is 10.3. The fraction of sp³-hybridized carbons (Fsp3) is 0.467. The Kier molecular flexibility index (Phi) is 4.53. The predicted octanol–water partition coefficient (Wildman–Crippen LogP) is 3.39. The van der Waals surface area contributed by atoms with Crippen molar-refractivity contribution in [2.75, 3.05) is 0 Å². The van der Waals surface area contributed by atoms with E-state index >= 15 is 0 Å². The summed E-state index contributed by atoms with van der Waals surface area (Å²) in [6.45, 7) is 4.97. The fourth-order valence-corrected chi connectivity index (χ4v) is 3.47.